The lowest BCUT2D eigenvalue weighted by molar-refractivity contribution is -0.118. The fourth-order valence-electron chi connectivity index (χ4n) is 3.25. The lowest BCUT2D eigenvalue weighted by Gasteiger charge is -2.11. The molecule has 2 aromatic carbocycles. The molecular weight excluding hydrogens is 446 g/mol. The Kier molecular flexibility index (Phi) is 17.0. The Labute approximate surface area is 209 Å². The molecular formula is C27H43N3O5. The molecule has 0 spiro atoms. The first-order valence-corrected chi connectivity index (χ1v) is 12.4. The first-order valence-electron chi connectivity index (χ1n) is 12.4. The van der Waals surface area contributed by atoms with Gasteiger partial charge in [0.1, 0.15) is 11.5 Å². The summed E-state index contributed by atoms with van der Waals surface area (Å²) in [7, 11) is 0. The van der Waals surface area contributed by atoms with Gasteiger partial charge in [-0.3, -0.25) is 4.79 Å². The Bertz CT molecular complexity index is 819. The van der Waals surface area contributed by atoms with Gasteiger partial charge in [0.05, 0.1) is 19.3 Å². The fourth-order valence-corrected chi connectivity index (χ4v) is 3.25. The van der Waals surface area contributed by atoms with Crippen molar-refractivity contribution in [2.45, 2.75) is 57.5 Å². The quantitative estimate of drug-likeness (QED) is 0.214. The smallest absolute Gasteiger partial charge is 0.217 e. The number of carbonyl (C=O) groups excluding carboxylic acids is 1. The fraction of sp³-hybridized carbons (Fsp3) is 0.519. The van der Waals surface area contributed by atoms with Crippen LogP contribution in [0, 0.1) is 0 Å². The minimum Gasteiger partial charge on any atom is -0.494 e. The number of hydrogen-bond acceptors (Lipinski definition) is 7. The van der Waals surface area contributed by atoms with Crippen molar-refractivity contribution in [3.63, 3.8) is 0 Å². The summed E-state index contributed by atoms with van der Waals surface area (Å²) in [6.07, 6.45) is 5.75. The number of benzene rings is 2. The third-order valence-corrected chi connectivity index (χ3v) is 5.16. The zero-order valence-electron chi connectivity index (χ0n) is 20.7. The van der Waals surface area contributed by atoms with E-state index >= 15 is 0 Å². The highest BCUT2D eigenvalue weighted by molar-refractivity contribution is 5.73. The van der Waals surface area contributed by atoms with Gasteiger partial charge in [-0.2, -0.15) is 0 Å². The molecule has 8 heteroatoms. The minimum absolute atomic E-state index is 0.272. The highest BCUT2D eigenvalue weighted by Gasteiger charge is 2.07. The second kappa shape index (κ2) is 19.6. The molecule has 1 atom stereocenters. The lowest BCUT2D eigenvalue weighted by atomic mass is 10.1. The van der Waals surface area contributed by atoms with Crippen LogP contribution in [0.4, 0.5) is 0 Å². The molecule has 0 bridgehead atoms. The van der Waals surface area contributed by atoms with Crippen LogP contribution in [0.25, 0.3) is 0 Å². The molecule has 0 aliphatic rings. The van der Waals surface area contributed by atoms with E-state index in [1.165, 1.54) is 5.56 Å². The predicted molar refractivity (Wildman–Crippen MR) is 139 cm³/mol. The molecule has 0 aliphatic carbocycles. The number of ether oxygens (including phenoxy) is 2. The van der Waals surface area contributed by atoms with Crippen molar-refractivity contribution in [3.8, 4) is 11.5 Å². The molecule has 0 aliphatic heterocycles. The number of amides is 1. The van der Waals surface area contributed by atoms with E-state index in [9.17, 15) is 9.90 Å². The van der Waals surface area contributed by atoms with Crippen LogP contribution in [0.1, 0.15) is 62.2 Å². The summed E-state index contributed by atoms with van der Waals surface area (Å²) in [5.74, 6) is 1.28. The number of carbonyl (C=O) groups is 1. The first-order chi connectivity index (χ1) is 17.0. The summed E-state index contributed by atoms with van der Waals surface area (Å²) in [6.45, 7) is 2.59. The van der Waals surface area contributed by atoms with Crippen LogP contribution in [-0.2, 0) is 11.2 Å². The summed E-state index contributed by atoms with van der Waals surface area (Å²) in [5, 5.41) is 18.4. The van der Waals surface area contributed by atoms with Crippen LogP contribution in [0.15, 0.2) is 48.5 Å². The molecule has 0 saturated carbocycles. The molecule has 1 unspecified atom stereocenters. The summed E-state index contributed by atoms with van der Waals surface area (Å²) in [6, 6.07) is 15.4. The maximum Gasteiger partial charge on any atom is 0.217 e. The van der Waals surface area contributed by atoms with E-state index < -0.39 is 6.10 Å². The van der Waals surface area contributed by atoms with Gasteiger partial charge >= 0.3 is 0 Å². The van der Waals surface area contributed by atoms with Gasteiger partial charge in [-0.1, -0.05) is 24.3 Å². The van der Waals surface area contributed by atoms with Crippen LogP contribution >= 0.6 is 0 Å². The summed E-state index contributed by atoms with van der Waals surface area (Å²) < 4.78 is 11.1. The van der Waals surface area contributed by atoms with Gasteiger partial charge in [0.15, 0.2) is 0 Å². The molecule has 0 heterocycles. The first kappa shape index (κ1) is 30.4. The zero-order valence-corrected chi connectivity index (χ0v) is 20.7. The molecule has 2 rings (SSSR count). The number of nitrogens with two attached hydrogens (primary N) is 3. The van der Waals surface area contributed by atoms with Crippen molar-refractivity contribution < 1.29 is 24.5 Å². The van der Waals surface area contributed by atoms with Crippen molar-refractivity contribution in [1.29, 1.82) is 0 Å². The number of hydrogen-bond donors (Lipinski definition) is 5. The third kappa shape index (κ3) is 15.1. The normalized spacial score (nSPS) is 11.3. The molecule has 0 radical (unpaired) electrons. The average molecular weight is 490 g/mol. The Balaban J connectivity index is 0.000000351. The van der Waals surface area contributed by atoms with Gasteiger partial charge in [0.2, 0.25) is 5.91 Å². The maximum absolute atomic E-state index is 10.5. The van der Waals surface area contributed by atoms with Crippen LogP contribution < -0.4 is 26.7 Å². The second-order valence-corrected chi connectivity index (χ2v) is 8.26. The Morgan fingerprint density at radius 1 is 0.857 bits per heavy atom. The molecule has 0 aromatic heterocycles. The van der Waals surface area contributed by atoms with Gasteiger partial charge < -0.3 is 36.9 Å². The van der Waals surface area contributed by atoms with Crippen molar-refractivity contribution in [1.82, 2.24) is 0 Å². The molecule has 8 N–H and O–H groups in total. The maximum atomic E-state index is 10.5. The molecule has 2 aromatic rings. The Hall–Kier alpha value is -2.65. The molecule has 196 valence electrons. The topological polar surface area (TPSA) is 154 Å². The van der Waals surface area contributed by atoms with Crippen LogP contribution in [0.5, 0.6) is 11.5 Å². The van der Waals surface area contributed by atoms with Gasteiger partial charge in [0.25, 0.3) is 0 Å². The Morgan fingerprint density at radius 2 is 1.54 bits per heavy atom. The van der Waals surface area contributed by atoms with E-state index in [2.05, 4.69) is 12.1 Å². The molecule has 0 fully saturated rings. The third-order valence-electron chi connectivity index (χ3n) is 5.16. The summed E-state index contributed by atoms with van der Waals surface area (Å²) in [5.41, 5.74) is 18.0. The Morgan fingerprint density at radius 3 is 2.20 bits per heavy atom. The SMILES string of the molecule is NCCC(O)c1cccc(OCCCC(N)=O)c1.NCCCc1cccc(OCCCCCO)c1. The number of unbranched alkanes of at least 4 members (excludes halogenated alkanes) is 2. The molecule has 0 saturated heterocycles. The van der Waals surface area contributed by atoms with E-state index in [0.29, 0.717) is 38.2 Å². The van der Waals surface area contributed by atoms with E-state index in [-0.39, 0.29) is 12.5 Å². The van der Waals surface area contributed by atoms with Crippen molar-refractivity contribution in [3.05, 3.63) is 59.7 Å². The largest absolute Gasteiger partial charge is 0.494 e. The van der Waals surface area contributed by atoms with E-state index in [1.807, 2.05) is 30.3 Å². The monoisotopic (exact) mass is 489 g/mol. The van der Waals surface area contributed by atoms with Gasteiger partial charge in [-0.25, -0.2) is 0 Å². The van der Waals surface area contributed by atoms with E-state index in [0.717, 1.165) is 56.6 Å². The number of aliphatic hydroxyl groups excluding tert-OH is 2. The van der Waals surface area contributed by atoms with Crippen LogP contribution in [0.3, 0.4) is 0 Å². The predicted octanol–water partition coefficient (Wildman–Crippen LogP) is 2.83. The number of aliphatic hydroxyl groups is 2. The number of aryl methyl sites for hydroxylation is 1. The average Bonchev–Trinajstić information content (AvgIpc) is 2.86. The standard InChI is InChI=1S/C14H23NO2.C13H20N2O3/c15-9-5-7-13-6-4-8-14(12-13)17-11-3-1-2-10-16;14-7-6-12(16)10-3-1-4-11(9-10)18-8-2-5-13(15)17/h4,6,8,12,16H,1-3,5,7,9-11,15H2;1,3-4,9,12,16H,2,5-8,14H2,(H2,15,17). The lowest BCUT2D eigenvalue weighted by Crippen LogP contribution is -2.12. The zero-order chi connectivity index (χ0) is 25.7. The van der Waals surface area contributed by atoms with Gasteiger partial charge in [-0.05, 0) is 93.4 Å². The van der Waals surface area contributed by atoms with E-state index in [4.69, 9.17) is 31.8 Å². The van der Waals surface area contributed by atoms with Gasteiger partial charge in [0, 0.05) is 13.0 Å². The molecule has 8 nitrogen and oxygen atoms in total. The van der Waals surface area contributed by atoms with Crippen LogP contribution in [0.2, 0.25) is 0 Å². The number of rotatable bonds is 17. The minimum atomic E-state index is -0.566. The van der Waals surface area contributed by atoms with Crippen molar-refractivity contribution in [2.24, 2.45) is 17.2 Å². The summed E-state index contributed by atoms with van der Waals surface area (Å²) >= 11 is 0. The summed E-state index contributed by atoms with van der Waals surface area (Å²) in [4.78, 5) is 10.5. The molecule has 1 amide bonds. The second-order valence-electron chi connectivity index (χ2n) is 8.26. The highest BCUT2D eigenvalue weighted by Crippen LogP contribution is 2.21. The van der Waals surface area contributed by atoms with E-state index in [1.54, 1.807) is 6.07 Å². The van der Waals surface area contributed by atoms with Crippen molar-refractivity contribution in [2.75, 3.05) is 32.9 Å². The van der Waals surface area contributed by atoms with Crippen LogP contribution in [-0.4, -0.2) is 49.0 Å². The molecule has 35 heavy (non-hydrogen) atoms. The van der Waals surface area contributed by atoms with Crippen molar-refractivity contribution >= 4 is 5.91 Å². The highest BCUT2D eigenvalue weighted by atomic mass is 16.5. The van der Waals surface area contributed by atoms with Gasteiger partial charge in [-0.15, -0.1) is 0 Å². The number of primary amides is 1.